The van der Waals surface area contributed by atoms with Crippen molar-refractivity contribution in [3.8, 4) is 0 Å². The minimum absolute atomic E-state index is 0.00439. The predicted octanol–water partition coefficient (Wildman–Crippen LogP) is 2.23. The maximum absolute atomic E-state index is 13.8. The van der Waals surface area contributed by atoms with Gasteiger partial charge in [-0.3, -0.25) is 19.3 Å². The lowest BCUT2D eigenvalue weighted by molar-refractivity contribution is -0.137. The minimum Gasteiger partial charge on any atom is -0.370 e. The molecule has 13 heteroatoms. The fourth-order valence-electron chi connectivity index (χ4n) is 3.98. The van der Waals surface area contributed by atoms with Gasteiger partial charge in [-0.05, 0) is 37.0 Å². The Kier molecular flexibility index (Phi) is 8.08. The summed E-state index contributed by atoms with van der Waals surface area (Å²) in [5, 5.41) is 2.03. The average molecular weight is 492 g/mol. The molecular formula is C21H25F5N4O4. The zero-order valence-corrected chi connectivity index (χ0v) is 18.1. The van der Waals surface area contributed by atoms with Crippen LogP contribution in [0.5, 0.6) is 0 Å². The number of carbonyl (C=O) groups excluding carboxylic acids is 3. The van der Waals surface area contributed by atoms with Crippen molar-refractivity contribution in [2.45, 2.75) is 37.9 Å². The fraction of sp³-hybridized carbons (Fsp3) is 0.571. The van der Waals surface area contributed by atoms with E-state index in [0.29, 0.717) is 6.07 Å². The van der Waals surface area contributed by atoms with Crippen molar-refractivity contribution in [3.05, 3.63) is 23.8 Å². The molecule has 188 valence electrons. The largest absolute Gasteiger partial charge is 0.418 e. The number of morpholine rings is 1. The van der Waals surface area contributed by atoms with Crippen molar-refractivity contribution in [3.63, 3.8) is 0 Å². The maximum atomic E-state index is 13.8. The van der Waals surface area contributed by atoms with Gasteiger partial charge >= 0.3 is 6.18 Å². The van der Waals surface area contributed by atoms with Gasteiger partial charge in [-0.25, -0.2) is 8.78 Å². The third kappa shape index (κ3) is 6.20. The van der Waals surface area contributed by atoms with Gasteiger partial charge < -0.3 is 20.7 Å². The second-order valence-electron chi connectivity index (χ2n) is 8.26. The lowest BCUT2D eigenvalue weighted by Crippen LogP contribution is -2.55. The van der Waals surface area contributed by atoms with E-state index in [9.17, 15) is 36.3 Å². The number of hydrogen-bond donors (Lipinski definition) is 2. The highest BCUT2D eigenvalue weighted by Gasteiger charge is 2.39. The number of nitrogens with one attached hydrogen (secondary N) is 1. The van der Waals surface area contributed by atoms with Crippen molar-refractivity contribution in [2.75, 3.05) is 43.1 Å². The first-order chi connectivity index (χ1) is 16.0. The summed E-state index contributed by atoms with van der Waals surface area (Å²) in [6, 6.07) is 0.971. The van der Waals surface area contributed by atoms with Crippen LogP contribution in [-0.4, -0.2) is 67.9 Å². The Morgan fingerprint density at radius 1 is 1.26 bits per heavy atom. The molecule has 1 aliphatic heterocycles. The van der Waals surface area contributed by atoms with Crippen LogP contribution in [0.1, 0.15) is 24.8 Å². The number of carbonyl (C=O) groups is 3. The van der Waals surface area contributed by atoms with E-state index in [1.165, 1.54) is 6.07 Å². The molecule has 0 unspecified atom stereocenters. The molecule has 34 heavy (non-hydrogen) atoms. The van der Waals surface area contributed by atoms with E-state index in [0.717, 1.165) is 35.1 Å². The number of hydrogen-bond acceptors (Lipinski definition) is 5. The Hall–Kier alpha value is -2.80. The number of ether oxygens (including phenoxy) is 1. The van der Waals surface area contributed by atoms with Crippen LogP contribution in [0.15, 0.2) is 18.2 Å². The van der Waals surface area contributed by atoms with Gasteiger partial charge in [0.05, 0.1) is 24.4 Å². The van der Waals surface area contributed by atoms with Crippen LogP contribution in [0.4, 0.5) is 33.3 Å². The highest BCUT2D eigenvalue weighted by molar-refractivity contribution is 6.10. The third-order valence-corrected chi connectivity index (χ3v) is 5.84. The highest BCUT2D eigenvalue weighted by atomic mass is 19.4. The van der Waals surface area contributed by atoms with Crippen LogP contribution in [0.2, 0.25) is 0 Å². The fourth-order valence-corrected chi connectivity index (χ4v) is 3.98. The summed E-state index contributed by atoms with van der Waals surface area (Å²) >= 11 is 0. The number of rotatable bonds is 9. The number of alkyl halides is 5. The van der Waals surface area contributed by atoms with Crippen LogP contribution < -0.4 is 16.0 Å². The smallest absolute Gasteiger partial charge is 0.370 e. The second kappa shape index (κ2) is 10.6. The van der Waals surface area contributed by atoms with E-state index >= 15 is 0 Å². The van der Waals surface area contributed by atoms with Crippen molar-refractivity contribution in [2.24, 2.45) is 11.7 Å². The molecule has 1 aromatic carbocycles. The monoisotopic (exact) mass is 492 g/mol. The first-order valence-corrected chi connectivity index (χ1v) is 10.7. The molecule has 3 rings (SSSR count). The Morgan fingerprint density at radius 3 is 2.50 bits per heavy atom. The molecule has 1 aromatic rings. The van der Waals surface area contributed by atoms with Crippen molar-refractivity contribution in [1.29, 1.82) is 0 Å². The zero-order chi connectivity index (χ0) is 25.0. The normalized spacial score (nSPS) is 18.2. The summed E-state index contributed by atoms with van der Waals surface area (Å²) in [4.78, 5) is 38.9. The first-order valence-electron chi connectivity index (χ1n) is 10.7. The molecule has 1 aliphatic carbocycles. The zero-order valence-electron chi connectivity index (χ0n) is 18.1. The maximum Gasteiger partial charge on any atom is 0.418 e. The second-order valence-corrected chi connectivity index (χ2v) is 8.26. The van der Waals surface area contributed by atoms with E-state index in [4.69, 9.17) is 10.5 Å². The van der Waals surface area contributed by atoms with Gasteiger partial charge in [0.1, 0.15) is 6.61 Å². The van der Waals surface area contributed by atoms with Crippen LogP contribution in [0.3, 0.4) is 0 Å². The molecule has 1 heterocycles. The van der Waals surface area contributed by atoms with E-state index in [-0.39, 0.29) is 37.9 Å². The molecule has 1 saturated carbocycles. The van der Waals surface area contributed by atoms with Crippen molar-refractivity contribution >= 4 is 29.1 Å². The molecule has 3 N–H and O–H groups in total. The van der Waals surface area contributed by atoms with E-state index in [2.05, 4.69) is 0 Å². The SMILES string of the molecule is NC(=O)[C@H](C(=O)Nc1ccc(N2CCOCC2=O)cc1C(F)(F)F)N(CC(F)F)CC1CCC1. The Balaban J connectivity index is 1.87. The standard InChI is InChI=1S/C21H25F5N4O4/c22-16(23)10-29(9-12-2-1-3-12)18(19(27)32)20(33)28-15-5-4-13(8-14(15)21(24,25)26)30-6-7-34-11-17(30)31/h4-5,8,12,16,18H,1-3,6-7,9-11H2,(H2,27,32)(H,28,33)/t18-/m1/s1. The Labute approximate surface area is 192 Å². The molecule has 3 amide bonds. The third-order valence-electron chi connectivity index (χ3n) is 5.84. The van der Waals surface area contributed by atoms with Gasteiger partial charge in [0, 0.05) is 18.8 Å². The van der Waals surface area contributed by atoms with E-state index in [1.807, 2.05) is 5.32 Å². The predicted molar refractivity (Wildman–Crippen MR) is 111 cm³/mol. The highest BCUT2D eigenvalue weighted by Crippen LogP contribution is 2.38. The molecule has 2 fully saturated rings. The number of nitrogens with two attached hydrogens (primary N) is 1. The van der Waals surface area contributed by atoms with Crippen molar-refractivity contribution in [1.82, 2.24) is 4.90 Å². The lowest BCUT2D eigenvalue weighted by Gasteiger charge is -2.35. The summed E-state index contributed by atoms with van der Waals surface area (Å²) in [6.07, 6.45) is -5.47. The van der Waals surface area contributed by atoms with Crippen LogP contribution in [0, 0.1) is 5.92 Å². The first kappa shape index (κ1) is 25.8. The van der Waals surface area contributed by atoms with Gasteiger partial charge in [-0.1, -0.05) is 6.42 Å². The van der Waals surface area contributed by atoms with Gasteiger partial charge in [-0.15, -0.1) is 0 Å². The molecule has 1 saturated heterocycles. The molecule has 8 nitrogen and oxygen atoms in total. The van der Waals surface area contributed by atoms with Crippen LogP contribution in [-0.2, 0) is 25.3 Å². The molecule has 2 aliphatic rings. The van der Waals surface area contributed by atoms with E-state index < -0.39 is 54.2 Å². The van der Waals surface area contributed by atoms with Gasteiger partial charge in [-0.2, -0.15) is 13.2 Å². The number of primary amides is 1. The van der Waals surface area contributed by atoms with Crippen LogP contribution in [0.25, 0.3) is 0 Å². The Bertz CT molecular complexity index is 923. The molecule has 1 atom stereocenters. The topological polar surface area (TPSA) is 105 Å². The quantitative estimate of drug-likeness (QED) is 0.407. The number of amides is 3. The lowest BCUT2D eigenvalue weighted by atomic mass is 9.84. The van der Waals surface area contributed by atoms with Crippen LogP contribution >= 0.6 is 0 Å². The van der Waals surface area contributed by atoms with Gasteiger partial charge in [0.15, 0.2) is 6.04 Å². The molecule has 0 spiro atoms. The van der Waals surface area contributed by atoms with Crippen molar-refractivity contribution < 1.29 is 41.1 Å². The number of halogens is 5. The minimum atomic E-state index is -4.93. The molecule has 0 bridgehead atoms. The summed E-state index contributed by atoms with van der Waals surface area (Å²) in [7, 11) is 0. The number of anilines is 2. The molecule has 0 aromatic heterocycles. The summed E-state index contributed by atoms with van der Waals surface area (Å²) < 4.78 is 72.6. The number of nitrogens with zero attached hydrogens (tertiary/aromatic N) is 2. The molecule has 0 radical (unpaired) electrons. The summed E-state index contributed by atoms with van der Waals surface area (Å²) in [5.41, 5.74) is 3.30. The number of benzene rings is 1. The average Bonchev–Trinajstić information content (AvgIpc) is 2.70. The summed E-state index contributed by atoms with van der Waals surface area (Å²) in [6.45, 7) is -1.01. The summed E-state index contributed by atoms with van der Waals surface area (Å²) in [5.74, 6) is -3.03. The van der Waals surface area contributed by atoms with Gasteiger partial charge in [0.2, 0.25) is 5.91 Å². The van der Waals surface area contributed by atoms with E-state index in [1.54, 1.807) is 0 Å². The van der Waals surface area contributed by atoms with Gasteiger partial charge in [0.25, 0.3) is 18.2 Å². The Morgan fingerprint density at radius 2 is 1.97 bits per heavy atom. The molecular weight excluding hydrogens is 467 g/mol.